The van der Waals surface area contributed by atoms with E-state index < -0.39 is 0 Å². The molecule has 80 valence electrons. The van der Waals surface area contributed by atoms with Crippen LogP contribution in [0.5, 0.6) is 5.75 Å². The first-order chi connectivity index (χ1) is 7.16. The highest BCUT2D eigenvalue weighted by molar-refractivity contribution is 6.00. The van der Waals surface area contributed by atoms with Crippen molar-refractivity contribution < 1.29 is 14.3 Å². The Bertz CT molecular complexity index is 350. The number of epoxide rings is 1. The summed E-state index contributed by atoms with van der Waals surface area (Å²) in [5, 5.41) is 0. The molecule has 0 aromatic heterocycles. The van der Waals surface area contributed by atoms with Gasteiger partial charge < -0.3 is 9.47 Å². The fourth-order valence-electron chi connectivity index (χ4n) is 1.36. The fourth-order valence-corrected chi connectivity index (χ4v) is 1.36. The molecule has 1 aliphatic rings. The average Bonchev–Trinajstić information content (AvgIpc) is 3.00. The maximum Gasteiger partial charge on any atom is 0.193 e. The summed E-state index contributed by atoms with van der Waals surface area (Å²) in [6, 6.07) is 7.19. The number of hydrogen-bond donors (Lipinski definition) is 0. The van der Waals surface area contributed by atoms with Crippen molar-refractivity contribution in [3.05, 3.63) is 29.8 Å². The molecule has 1 aromatic rings. The number of carbonyl (C=O) groups is 1. The lowest BCUT2D eigenvalue weighted by molar-refractivity contribution is 0.0953. The summed E-state index contributed by atoms with van der Waals surface area (Å²) >= 11 is 0. The average molecular weight is 206 g/mol. The van der Waals surface area contributed by atoms with Crippen LogP contribution in [0.3, 0.4) is 0 Å². The molecule has 1 saturated heterocycles. The van der Waals surface area contributed by atoms with Crippen LogP contribution in [0.1, 0.15) is 24.2 Å². The summed E-state index contributed by atoms with van der Waals surface area (Å²) in [6.07, 6.45) is -0.0554. The van der Waals surface area contributed by atoms with Crippen molar-refractivity contribution in [3.63, 3.8) is 0 Å². The second kappa shape index (κ2) is 4.03. The lowest BCUT2D eigenvalue weighted by Crippen LogP contribution is -2.08. The maximum atomic E-state index is 11.6. The Kier molecular flexibility index (Phi) is 2.73. The van der Waals surface area contributed by atoms with Crippen molar-refractivity contribution in [2.24, 2.45) is 0 Å². The first-order valence-electron chi connectivity index (χ1n) is 5.09. The van der Waals surface area contributed by atoms with Gasteiger partial charge in [0.05, 0.1) is 12.7 Å². The van der Waals surface area contributed by atoms with Gasteiger partial charge in [-0.2, -0.15) is 0 Å². The van der Waals surface area contributed by atoms with Crippen LogP contribution in [-0.4, -0.2) is 24.6 Å². The molecule has 1 aromatic carbocycles. The van der Waals surface area contributed by atoms with Crippen molar-refractivity contribution in [2.45, 2.75) is 26.1 Å². The van der Waals surface area contributed by atoms with Crippen molar-refractivity contribution >= 4 is 5.78 Å². The van der Waals surface area contributed by atoms with Crippen molar-refractivity contribution in [2.75, 3.05) is 6.61 Å². The molecule has 1 fully saturated rings. The van der Waals surface area contributed by atoms with Crippen molar-refractivity contribution in [1.29, 1.82) is 0 Å². The molecule has 0 saturated carbocycles. The van der Waals surface area contributed by atoms with Gasteiger partial charge in [0.15, 0.2) is 5.78 Å². The third-order valence-corrected chi connectivity index (χ3v) is 2.14. The van der Waals surface area contributed by atoms with Crippen LogP contribution < -0.4 is 4.74 Å². The zero-order valence-corrected chi connectivity index (χ0v) is 8.90. The molecule has 3 nitrogen and oxygen atoms in total. The highest BCUT2D eigenvalue weighted by Gasteiger charge is 2.31. The molecule has 1 atom stereocenters. The highest BCUT2D eigenvalue weighted by atomic mass is 16.6. The first-order valence-corrected chi connectivity index (χ1v) is 5.09. The van der Waals surface area contributed by atoms with Crippen molar-refractivity contribution in [3.8, 4) is 5.75 Å². The molecule has 0 N–H and O–H groups in total. The minimum atomic E-state index is -0.207. The molecule has 1 aliphatic heterocycles. The van der Waals surface area contributed by atoms with Gasteiger partial charge in [0.25, 0.3) is 0 Å². The van der Waals surface area contributed by atoms with Gasteiger partial charge in [-0.3, -0.25) is 4.79 Å². The Balaban J connectivity index is 2.06. The molecule has 0 aliphatic carbocycles. The normalized spacial score (nSPS) is 19.0. The first kappa shape index (κ1) is 10.2. The Morgan fingerprint density at radius 2 is 2.00 bits per heavy atom. The molecule has 2 rings (SSSR count). The number of ether oxygens (including phenoxy) is 2. The van der Waals surface area contributed by atoms with E-state index >= 15 is 0 Å². The van der Waals surface area contributed by atoms with Gasteiger partial charge in [0, 0.05) is 5.56 Å². The van der Waals surface area contributed by atoms with E-state index in [4.69, 9.17) is 9.47 Å². The quantitative estimate of drug-likeness (QED) is 0.559. The number of Topliss-reactive ketones (excluding diaryl/α,β-unsaturated/α-hetero) is 1. The van der Waals surface area contributed by atoms with E-state index in [1.54, 1.807) is 12.1 Å². The SMILES string of the molecule is CC(C)Oc1ccc(C(=O)C2CO2)cc1. The third kappa shape index (κ3) is 2.57. The van der Waals surface area contributed by atoms with E-state index in [0.29, 0.717) is 12.2 Å². The zero-order chi connectivity index (χ0) is 10.8. The van der Waals surface area contributed by atoms with Crippen LogP contribution in [0.15, 0.2) is 24.3 Å². The van der Waals surface area contributed by atoms with Gasteiger partial charge in [0.2, 0.25) is 0 Å². The monoisotopic (exact) mass is 206 g/mol. The van der Waals surface area contributed by atoms with Gasteiger partial charge in [-0.1, -0.05) is 0 Å². The number of rotatable bonds is 4. The molecule has 1 unspecified atom stereocenters. The number of ketones is 1. The topological polar surface area (TPSA) is 38.8 Å². The molecule has 0 radical (unpaired) electrons. The van der Waals surface area contributed by atoms with Gasteiger partial charge in [0.1, 0.15) is 11.9 Å². The van der Waals surface area contributed by atoms with Crippen LogP contribution in [0, 0.1) is 0 Å². The lowest BCUT2D eigenvalue weighted by atomic mass is 10.1. The third-order valence-electron chi connectivity index (χ3n) is 2.14. The van der Waals surface area contributed by atoms with Gasteiger partial charge in [-0.25, -0.2) is 0 Å². The minimum absolute atomic E-state index is 0.0612. The Morgan fingerprint density at radius 3 is 2.47 bits per heavy atom. The molecule has 0 bridgehead atoms. The van der Waals surface area contributed by atoms with Crippen molar-refractivity contribution in [1.82, 2.24) is 0 Å². The lowest BCUT2D eigenvalue weighted by Gasteiger charge is -2.09. The summed E-state index contributed by atoms with van der Waals surface area (Å²) in [4.78, 5) is 11.6. The Hall–Kier alpha value is -1.35. The van der Waals surface area contributed by atoms with Crippen LogP contribution in [0.25, 0.3) is 0 Å². The van der Waals surface area contributed by atoms with E-state index in [2.05, 4.69) is 0 Å². The van der Waals surface area contributed by atoms with E-state index in [-0.39, 0.29) is 18.0 Å². The van der Waals surface area contributed by atoms with Crippen LogP contribution >= 0.6 is 0 Å². The van der Waals surface area contributed by atoms with Crippen LogP contribution in [0.2, 0.25) is 0 Å². The molecular formula is C12H14O3. The van der Waals surface area contributed by atoms with Crippen LogP contribution in [-0.2, 0) is 4.74 Å². The standard InChI is InChI=1S/C12H14O3/c1-8(2)15-10-5-3-9(4-6-10)12(13)11-7-14-11/h3-6,8,11H,7H2,1-2H3. The van der Waals surface area contributed by atoms with E-state index in [1.165, 1.54) is 0 Å². The van der Waals surface area contributed by atoms with E-state index in [0.717, 1.165) is 5.75 Å². The van der Waals surface area contributed by atoms with E-state index in [1.807, 2.05) is 26.0 Å². The van der Waals surface area contributed by atoms with Gasteiger partial charge in [-0.15, -0.1) is 0 Å². The fraction of sp³-hybridized carbons (Fsp3) is 0.417. The summed E-state index contributed by atoms with van der Waals surface area (Å²) in [5.41, 5.74) is 0.689. The van der Waals surface area contributed by atoms with Gasteiger partial charge >= 0.3 is 0 Å². The summed E-state index contributed by atoms with van der Waals surface area (Å²) in [5.74, 6) is 0.851. The number of carbonyl (C=O) groups excluding carboxylic acids is 1. The summed E-state index contributed by atoms with van der Waals surface area (Å²) in [6.45, 7) is 4.50. The van der Waals surface area contributed by atoms with Gasteiger partial charge in [-0.05, 0) is 38.1 Å². The van der Waals surface area contributed by atoms with Crippen LogP contribution in [0.4, 0.5) is 0 Å². The van der Waals surface area contributed by atoms with E-state index in [9.17, 15) is 4.79 Å². The Labute approximate surface area is 89.0 Å². The predicted octanol–water partition coefficient (Wildman–Crippen LogP) is 2.06. The smallest absolute Gasteiger partial charge is 0.193 e. The minimum Gasteiger partial charge on any atom is -0.491 e. The molecule has 1 heterocycles. The largest absolute Gasteiger partial charge is 0.491 e. The molecule has 3 heteroatoms. The number of hydrogen-bond acceptors (Lipinski definition) is 3. The summed E-state index contributed by atoms with van der Waals surface area (Å²) in [7, 11) is 0. The second-order valence-electron chi connectivity index (χ2n) is 3.88. The molecular weight excluding hydrogens is 192 g/mol. The highest BCUT2D eigenvalue weighted by Crippen LogP contribution is 2.19. The molecule has 0 spiro atoms. The molecule has 15 heavy (non-hydrogen) atoms. The zero-order valence-electron chi connectivity index (χ0n) is 8.90. The summed E-state index contributed by atoms with van der Waals surface area (Å²) < 4.78 is 10.4. The Morgan fingerprint density at radius 1 is 1.40 bits per heavy atom. The second-order valence-corrected chi connectivity index (χ2v) is 3.88. The molecule has 0 amide bonds. The maximum absolute atomic E-state index is 11.6. The predicted molar refractivity (Wildman–Crippen MR) is 56.3 cm³/mol. The number of benzene rings is 1.